The van der Waals surface area contributed by atoms with E-state index in [2.05, 4.69) is 16.6 Å². The first kappa shape index (κ1) is 9.84. The molecule has 11 heavy (non-hydrogen) atoms. The fourth-order valence-corrected chi connectivity index (χ4v) is 0.417. The Hall–Kier alpha value is -1.16. The Kier molecular flexibility index (Phi) is 5.02. The second-order valence-electron chi connectivity index (χ2n) is 1.78. The Balaban J connectivity index is 3.52. The molecule has 4 nitrogen and oxygen atoms in total. The minimum atomic E-state index is -0.715. The van der Waals surface area contributed by atoms with Gasteiger partial charge in [-0.05, 0) is 6.54 Å². The lowest BCUT2D eigenvalue weighted by molar-refractivity contribution is -0.155. The molecule has 4 heteroatoms. The van der Waals surface area contributed by atoms with E-state index in [-0.39, 0.29) is 6.54 Å². The lowest BCUT2D eigenvalue weighted by Gasteiger charge is -1.98. The molecule has 0 atom stereocenters. The molecule has 0 aromatic heterocycles. The lowest BCUT2D eigenvalue weighted by atomic mass is 10.6. The summed E-state index contributed by atoms with van der Waals surface area (Å²) in [6.45, 7) is 5.71. The van der Waals surface area contributed by atoms with Crippen molar-refractivity contribution in [3.63, 3.8) is 0 Å². The number of carbonyl (C=O) groups excluding carboxylic acids is 2. The minimum absolute atomic E-state index is 0.0517. The second-order valence-corrected chi connectivity index (χ2v) is 1.78. The summed E-state index contributed by atoms with van der Waals surface area (Å²) in [5, 5.41) is 2.72. The Labute approximate surface area is 65.2 Å². The summed E-state index contributed by atoms with van der Waals surface area (Å²) in [5.74, 6) is -1.30. The van der Waals surface area contributed by atoms with Crippen molar-refractivity contribution in [2.45, 2.75) is 6.92 Å². The fraction of sp³-hybridized carbons (Fsp3) is 0.429. The first-order chi connectivity index (χ1) is 5.20. The Morgan fingerprint density at radius 2 is 2.27 bits per heavy atom. The summed E-state index contributed by atoms with van der Waals surface area (Å²) < 4.78 is 4.24. The van der Waals surface area contributed by atoms with Crippen molar-refractivity contribution in [2.24, 2.45) is 0 Å². The molecule has 0 rings (SSSR count). The topological polar surface area (TPSA) is 55.4 Å². The van der Waals surface area contributed by atoms with E-state index in [9.17, 15) is 9.59 Å². The standard InChI is InChI=1S/C7H11NO3/c1-3-6(9)11-7(10)5-8-4-2/h3,8H,1,4-5H2,2H3. The second kappa shape index (κ2) is 5.61. The van der Waals surface area contributed by atoms with Crippen LogP contribution in [0.3, 0.4) is 0 Å². The normalized spacial score (nSPS) is 8.82. The highest BCUT2D eigenvalue weighted by Crippen LogP contribution is 1.79. The van der Waals surface area contributed by atoms with Gasteiger partial charge in [-0.3, -0.25) is 4.79 Å². The van der Waals surface area contributed by atoms with Gasteiger partial charge in [0, 0.05) is 6.08 Å². The molecule has 0 bridgehead atoms. The maximum absolute atomic E-state index is 10.6. The Morgan fingerprint density at radius 1 is 1.64 bits per heavy atom. The van der Waals surface area contributed by atoms with Crippen molar-refractivity contribution >= 4 is 11.9 Å². The molecule has 1 N–H and O–H groups in total. The van der Waals surface area contributed by atoms with Crippen LogP contribution in [0.2, 0.25) is 0 Å². The highest BCUT2D eigenvalue weighted by molar-refractivity contribution is 5.92. The number of hydrogen-bond donors (Lipinski definition) is 1. The van der Waals surface area contributed by atoms with Crippen molar-refractivity contribution in [3.05, 3.63) is 12.7 Å². The molecule has 0 aliphatic heterocycles. The van der Waals surface area contributed by atoms with Crippen LogP contribution >= 0.6 is 0 Å². The van der Waals surface area contributed by atoms with E-state index >= 15 is 0 Å². The molecule has 0 heterocycles. The van der Waals surface area contributed by atoms with Gasteiger partial charge in [0.15, 0.2) is 0 Å². The van der Waals surface area contributed by atoms with E-state index in [0.29, 0.717) is 6.54 Å². The number of rotatable bonds is 4. The molecule has 0 fully saturated rings. The molecule has 0 radical (unpaired) electrons. The third-order valence-electron chi connectivity index (χ3n) is 0.900. The predicted octanol–water partition coefficient (Wildman–Crippen LogP) is -0.148. The van der Waals surface area contributed by atoms with Gasteiger partial charge in [0.1, 0.15) is 0 Å². The number of carbonyl (C=O) groups is 2. The van der Waals surface area contributed by atoms with Gasteiger partial charge in [-0.15, -0.1) is 0 Å². The highest BCUT2D eigenvalue weighted by atomic mass is 16.6. The maximum Gasteiger partial charge on any atom is 0.337 e. The molecule has 0 unspecified atom stereocenters. The van der Waals surface area contributed by atoms with Crippen molar-refractivity contribution < 1.29 is 14.3 Å². The summed E-state index contributed by atoms with van der Waals surface area (Å²) in [4.78, 5) is 21.0. The van der Waals surface area contributed by atoms with Gasteiger partial charge in [0.2, 0.25) is 0 Å². The largest absolute Gasteiger partial charge is 0.389 e. The SMILES string of the molecule is C=CC(=O)OC(=O)CNCC. The monoisotopic (exact) mass is 157 g/mol. The summed E-state index contributed by atoms with van der Waals surface area (Å²) in [6, 6.07) is 0. The molecular formula is C7H11NO3. The fourth-order valence-electron chi connectivity index (χ4n) is 0.417. The highest BCUT2D eigenvalue weighted by Gasteiger charge is 2.04. The lowest BCUT2D eigenvalue weighted by Crippen LogP contribution is -2.25. The van der Waals surface area contributed by atoms with Crippen molar-refractivity contribution in [1.29, 1.82) is 0 Å². The average molecular weight is 157 g/mol. The smallest absolute Gasteiger partial charge is 0.337 e. The van der Waals surface area contributed by atoms with Gasteiger partial charge in [-0.2, -0.15) is 0 Å². The molecular weight excluding hydrogens is 146 g/mol. The van der Waals surface area contributed by atoms with Crippen LogP contribution in [0.4, 0.5) is 0 Å². The number of nitrogens with one attached hydrogen (secondary N) is 1. The first-order valence-electron chi connectivity index (χ1n) is 3.28. The third-order valence-corrected chi connectivity index (χ3v) is 0.900. The van der Waals surface area contributed by atoms with Crippen LogP contribution in [0, 0.1) is 0 Å². The van der Waals surface area contributed by atoms with Gasteiger partial charge in [-0.1, -0.05) is 13.5 Å². The van der Waals surface area contributed by atoms with E-state index < -0.39 is 11.9 Å². The van der Waals surface area contributed by atoms with Crippen LogP contribution in [-0.2, 0) is 14.3 Å². The minimum Gasteiger partial charge on any atom is -0.389 e. The van der Waals surface area contributed by atoms with Crippen LogP contribution in [0.1, 0.15) is 6.92 Å². The number of likely N-dealkylation sites (N-methyl/N-ethyl adjacent to an activating group) is 1. The number of hydrogen-bond acceptors (Lipinski definition) is 4. The van der Waals surface area contributed by atoms with E-state index in [1.54, 1.807) is 0 Å². The van der Waals surface area contributed by atoms with Gasteiger partial charge in [0.05, 0.1) is 6.54 Å². The molecule has 0 amide bonds. The van der Waals surface area contributed by atoms with E-state index in [1.165, 1.54) is 0 Å². The summed E-state index contributed by atoms with van der Waals surface area (Å²) in [7, 11) is 0. The molecule has 0 spiro atoms. The average Bonchev–Trinajstić information content (AvgIpc) is 2.00. The zero-order valence-corrected chi connectivity index (χ0v) is 6.42. The number of esters is 2. The zero-order chi connectivity index (χ0) is 8.69. The molecule has 0 aliphatic carbocycles. The van der Waals surface area contributed by atoms with Gasteiger partial charge >= 0.3 is 11.9 Å². The molecule has 0 aliphatic rings. The van der Waals surface area contributed by atoms with Crippen LogP contribution in [0.15, 0.2) is 12.7 Å². The van der Waals surface area contributed by atoms with Crippen LogP contribution < -0.4 is 5.32 Å². The molecule has 0 saturated heterocycles. The summed E-state index contributed by atoms with van der Waals surface area (Å²) in [5.41, 5.74) is 0. The van der Waals surface area contributed by atoms with Crippen LogP contribution in [-0.4, -0.2) is 25.0 Å². The van der Waals surface area contributed by atoms with Crippen LogP contribution in [0.5, 0.6) is 0 Å². The Bertz CT molecular complexity index is 165. The predicted molar refractivity (Wildman–Crippen MR) is 39.8 cm³/mol. The first-order valence-corrected chi connectivity index (χ1v) is 3.28. The third kappa shape index (κ3) is 5.29. The quantitative estimate of drug-likeness (QED) is 0.350. The number of ether oxygens (including phenoxy) is 1. The molecule has 0 aromatic carbocycles. The summed E-state index contributed by atoms with van der Waals surface area (Å²) in [6.07, 6.45) is 0.948. The van der Waals surface area contributed by atoms with Gasteiger partial charge in [-0.25, -0.2) is 4.79 Å². The van der Waals surface area contributed by atoms with Crippen LogP contribution in [0.25, 0.3) is 0 Å². The van der Waals surface area contributed by atoms with Gasteiger partial charge < -0.3 is 10.1 Å². The van der Waals surface area contributed by atoms with Gasteiger partial charge in [0.25, 0.3) is 0 Å². The molecule has 0 saturated carbocycles. The van der Waals surface area contributed by atoms with E-state index in [1.807, 2.05) is 6.92 Å². The molecule has 0 aromatic rings. The zero-order valence-electron chi connectivity index (χ0n) is 6.42. The maximum atomic E-state index is 10.6. The van der Waals surface area contributed by atoms with E-state index in [4.69, 9.17) is 0 Å². The van der Waals surface area contributed by atoms with Crippen molar-refractivity contribution in [3.8, 4) is 0 Å². The Morgan fingerprint density at radius 3 is 2.73 bits per heavy atom. The van der Waals surface area contributed by atoms with E-state index in [0.717, 1.165) is 6.08 Å². The van der Waals surface area contributed by atoms with Crippen molar-refractivity contribution in [1.82, 2.24) is 5.32 Å². The molecule has 62 valence electrons. The summed E-state index contributed by atoms with van der Waals surface area (Å²) >= 11 is 0. The van der Waals surface area contributed by atoms with Crippen molar-refractivity contribution in [2.75, 3.05) is 13.1 Å².